The normalized spacial score (nSPS) is 13.1. The van der Waals surface area contributed by atoms with Crippen molar-refractivity contribution < 1.29 is 9.53 Å². The topological polar surface area (TPSA) is 26.3 Å². The molecule has 0 heterocycles. The molecule has 2 heteroatoms. The summed E-state index contributed by atoms with van der Waals surface area (Å²) in [6.45, 7) is 4.93. The molecule has 348 valence electrons. The van der Waals surface area contributed by atoms with Crippen molar-refractivity contribution in [3.63, 3.8) is 0 Å². The highest BCUT2D eigenvalue weighted by atomic mass is 16.5. The highest BCUT2D eigenvalue weighted by molar-refractivity contribution is 5.69. The number of unbranched alkanes of at least 4 members (excludes halogenated alkanes) is 17. The van der Waals surface area contributed by atoms with Crippen LogP contribution in [0.5, 0.6) is 0 Å². The third kappa shape index (κ3) is 54.4. The van der Waals surface area contributed by atoms with Gasteiger partial charge in [-0.1, -0.05) is 205 Å². The van der Waals surface area contributed by atoms with E-state index in [-0.39, 0.29) is 5.97 Å². The van der Waals surface area contributed by atoms with Gasteiger partial charge in [0, 0.05) is 6.42 Å². The van der Waals surface area contributed by atoms with Gasteiger partial charge in [0.2, 0.25) is 0 Å². The summed E-state index contributed by atoms with van der Waals surface area (Å²) < 4.78 is 5.47. The summed E-state index contributed by atoms with van der Waals surface area (Å²) in [5, 5.41) is 0. The highest BCUT2D eigenvalue weighted by Gasteiger charge is 2.02. The average molecular weight is 849 g/mol. The summed E-state index contributed by atoms with van der Waals surface area (Å²) in [5.41, 5.74) is 0. The molecule has 0 amide bonds. The Morgan fingerprint density at radius 1 is 0.274 bits per heavy atom. The Bertz CT molecular complexity index is 1290. The van der Waals surface area contributed by atoms with Crippen molar-refractivity contribution in [3.05, 3.63) is 146 Å². The summed E-state index contributed by atoms with van der Waals surface area (Å²) in [5.74, 6) is -0.0148. The van der Waals surface area contributed by atoms with Crippen molar-refractivity contribution in [1.29, 1.82) is 0 Å². The Morgan fingerprint density at radius 2 is 0.500 bits per heavy atom. The lowest BCUT2D eigenvalue weighted by atomic mass is 10.1. The van der Waals surface area contributed by atoms with E-state index in [1.165, 1.54) is 96.3 Å². The number of carbonyl (C=O) groups is 1. The number of ether oxygens (including phenoxy) is 1. The first-order chi connectivity index (χ1) is 30.8. The van der Waals surface area contributed by atoms with E-state index in [1.807, 2.05) is 0 Å². The molecule has 0 N–H and O–H groups in total. The van der Waals surface area contributed by atoms with Gasteiger partial charge in [-0.15, -0.1) is 0 Å². The monoisotopic (exact) mass is 849 g/mol. The molecule has 0 saturated carbocycles. The SMILES string of the molecule is CC/C=C\C/C=C\C/C=C\C/C=C\C/C=C\CCCCCC/C=C\CCCCCCOC(=O)CCCCC/C=C\CCCCCC/C=C\C/C=C\C/C=C\C/C=C\C/C=C\CC. The maximum absolute atomic E-state index is 12.1. The van der Waals surface area contributed by atoms with Crippen LogP contribution in [0, 0.1) is 0 Å². The predicted octanol–water partition coefficient (Wildman–Crippen LogP) is 19.7. The van der Waals surface area contributed by atoms with E-state index in [9.17, 15) is 4.79 Å². The molecule has 0 aromatic rings. The van der Waals surface area contributed by atoms with Gasteiger partial charge in [0.1, 0.15) is 0 Å². The number of allylic oxidation sites excluding steroid dienone is 24. The van der Waals surface area contributed by atoms with E-state index in [0.717, 1.165) is 103 Å². The van der Waals surface area contributed by atoms with Crippen LogP contribution >= 0.6 is 0 Å². The Labute approximate surface area is 385 Å². The van der Waals surface area contributed by atoms with E-state index in [0.29, 0.717) is 13.0 Å². The standard InChI is InChI=1S/C60H96O2/c1-3-5-7-9-11-13-15-17-19-21-23-25-27-29-31-33-35-37-39-41-43-45-47-49-51-53-55-57-59-62-60(61)58-56-54-52-50-48-46-44-42-40-38-36-34-32-30-28-26-24-22-20-18-16-14-12-10-8-6-4-2/h5-8,11-14,17-20,23-26,29-32,45-48H,3-4,9-10,15-16,21-22,27-28,33-44,49-59H2,1-2H3/b7-5-,8-6-,13-11-,14-12-,19-17-,20-18-,25-23-,26-24-,31-29-,32-30-,47-45-,48-46-. The molecule has 0 saturated heterocycles. The fourth-order valence-corrected chi connectivity index (χ4v) is 6.65. The molecule has 0 rings (SSSR count). The van der Waals surface area contributed by atoms with Crippen LogP contribution in [0.1, 0.15) is 219 Å². The van der Waals surface area contributed by atoms with E-state index < -0.39 is 0 Å². The highest BCUT2D eigenvalue weighted by Crippen LogP contribution is 2.11. The number of hydrogen-bond donors (Lipinski definition) is 0. The number of esters is 1. The Morgan fingerprint density at radius 3 is 0.790 bits per heavy atom. The molecule has 0 atom stereocenters. The zero-order valence-electron chi connectivity index (χ0n) is 40.5. The lowest BCUT2D eigenvalue weighted by Crippen LogP contribution is -2.05. The molecule has 0 aliphatic carbocycles. The van der Waals surface area contributed by atoms with Crippen LogP contribution in [-0.4, -0.2) is 12.6 Å². The van der Waals surface area contributed by atoms with E-state index >= 15 is 0 Å². The van der Waals surface area contributed by atoms with Gasteiger partial charge >= 0.3 is 5.97 Å². The minimum atomic E-state index is -0.0148. The van der Waals surface area contributed by atoms with Crippen LogP contribution in [0.4, 0.5) is 0 Å². The van der Waals surface area contributed by atoms with Gasteiger partial charge in [0.25, 0.3) is 0 Å². The maximum atomic E-state index is 12.1. The zero-order valence-corrected chi connectivity index (χ0v) is 40.5. The summed E-state index contributed by atoms with van der Waals surface area (Å²) in [6.07, 6.45) is 91.2. The van der Waals surface area contributed by atoms with Crippen molar-refractivity contribution in [2.45, 2.75) is 219 Å². The molecule has 0 spiro atoms. The van der Waals surface area contributed by atoms with Crippen LogP contribution in [0.2, 0.25) is 0 Å². The summed E-state index contributed by atoms with van der Waals surface area (Å²) in [4.78, 5) is 12.1. The second kappa shape index (κ2) is 55.4. The Balaban J connectivity index is 3.40. The second-order valence-electron chi connectivity index (χ2n) is 16.4. The zero-order chi connectivity index (χ0) is 44.6. The molecule has 0 unspecified atom stereocenters. The molecule has 0 aliphatic heterocycles. The molecule has 62 heavy (non-hydrogen) atoms. The predicted molar refractivity (Wildman–Crippen MR) is 280 cm³/mol. The molecular weight excluding hydrogens is 753 g/mol. The Kier molecular flexibility index (Phi) is 52.1. The molecular formula is C60H96O2. The molecule has 2 nitrogen and oxygen atoms in total. The van der Waals surface area contributed by atoms with Crippen LogP contribution in [-0.2, 0) is 9.53 Å². The van der Waals surface area contributed by atoms with Crippen LogP contribution in [0.15, 0.2) is 146 Å². The molecule has 0 bridgehead atoms. The van der Waals surface area contributed by atoms with Crippen LogP contribution in [0.3, 0.4) is 0 Å². The first-order valence-electron chi connectivity index (χ1n) is 25.8. The van der Waals surface area contributed by atoms with E-state index in [1.54, 1.807) is 0 Å². The lowest BCUT2D eigenvalue weighted by molar-refractivity contribution is -0.143. The van der Waals surface area contributed by atoms with Crippen LogP contribution in [0.25, 0.3) is 0 Å². The minimum absolute atomic E-state index is 0.0148. The maximum Gasteiger partial charge on any atom is 0.305 e. The smallest absolute Gasteiger partial charge is 0.305 e. The van der Waals surface area contributed by atoms with Crippen molar-refractivity contribution in [2.24, 2.45) is 0 Å². The van der Waals surface area contributed by atoms with Crippen molar-refractivity contribution in [1.82, 2.24) is 0 Å². The summed E-state index contributed by atoms with van der Waals surface area (Å²) in [7, 11) is 0. The van der Waals surface area contributed by atoms with Gasteiger partial charge in [-0.2, -0.15) is 0 Å². The van der Waals surface area contributed by atoms with Gasteiger partial charge in [-0.05, 0) is 154 Å². The molecule has 0 aromatic heterocycles. The van der Waals surface area contributed by atoms with Crippen molar-refractivity contribution >= 4 is 5.97 Å². The first-order valence-corrected chi connectivity index (χ1v) is 25.8. The first kappa shape index (κ1) is 58.4. The number of hydrogen-bond acceptors (Lipinski definition) is 2. The van der Waals surface area contributed by atoms with Gasteiger partial charge in [0.15, 0.2) is 0 Å². The van der Waals surface area contributed by atoms with Gasteiger partial charge in [-0.25, -0.2) is 0 Å². The average Bonchev–Trinajstić information content (AvgIpc) is 3.28. The van der Waals surface area contributed by atoms with E-state index in [4.69, 9.17) is 4.74 Å². The quantitative estimate of drug-likeness (QED) is 0.0347. The minimum Gasteiger partial charge on any atom is -0.466 e. The van der Waals surface area contributed by atoms with Crippen molar-refractivity contribution in [3.8, 4) is 0 Å². The van der Waals surface area contributed by atoms with Crippen LogP contribution < -0.4 is 0 Å². The summed E-state index contributed by atoms with van der Waals surface area (Å²) in [6, 6.07) is 0. The molecule has 0 aliphatic rings. The van der Waals surface area contributed by atoms with Crippen molar-refractivity contribution in [2.75, 3.05) is 6.61 Å². The van der Waals surface area contributed by atoms with Gasteiger partial charge in [-0.3, -0.25) is 4.79 Å². The fraction of sp³-hybridized carbons (Fsp3) is 0.583. The van der Waals surface area contributed by atoms with Gasteiger partial charge < -0.3 is 4.74 Å². The second-order valence-corrected chi connectivity index (χ2v) is 16.4. The van der Waals surface area contributed by atoms with E-state index in [2.05, 4.69) is 160 Å². The third-order valence-corrected chi connectivity index (χ3v) is 10.4. The Hall–Kier alpha value is -3.65. The summed E-state index contributed by atoms with van der Waals surface area (Å²) >= 11 is 0. The largest absolute Gasteiger partial charge is 0.466 e. The lowest BCUT2D eigenvalue weighted by Gasteiger charge is -2.04. The fourth-order valence-electron chi connectivity index (χ4n) is 6.65. The molecule has 0 aromatic carbocycles. The molecule has 0 fully saturated rings. The number of carbonyl (C=O) groups excluding carboxylic acids is 1. The number of rotatable bonds is 45. The third-order valence-electron chi connectivity index (χ3n) is 10.4. The van der Waals surface area contributed by atoms with Gasteiger partial charge in [0.05, 0.1) is 6.61 Å². The molecule has 0 radical (unpaired) electrons.